The summed E-state index contributed by atoms with van der Waals surface area (Å²) >= 11 is 0. The van der Waals surface area contributed by atoms with E-state index >= 15 is 0 Å². The first-order valence-corrected chi connectivity index (χ1v) is 14.9. The Morgan fingerprint density at radius 3 is 2.37 bits per heavy atom. The van der Waals surface area contributed by atoms with Crippen LogP contribution in [-0.4, -0.2) is 18.4 Å². The minimum atomic E-state index is -0.195. The van der Waals surface area contributed by atoms with Gasteiger partial charge in [-0.15, -0.1) is 0 Å². The SMILES string of the molecule is CC(=O)OCC12CC(=O)C3C(CCC4C(C)(C)CCCC34C)C1(C)CCC2C(C)CCCC(C)C. The number of hydrogen-bond acceptors (Lipinski definition) is 3. The molecule has 0 aromatic rings. The van der Waals surface area contributed by atoms with E-state index in [9.17, 15) is 9.59 Å². The molecular weight excluding hydrogens is 432 g/mol. The fourth-order valence-corrected chi connectivity index (χ4v) is 10.7. The maximum atomic E-state index is 14.4. The molecule has 35 heavy (non-hydrogen) atoms. The van der Waals surface area contributed by atoms with Gasteiger partial charge in [0.15, 0.2) is 0 Å². The number of carbonyl (C=O) groups is 2. The first-order chi connectivity index (χ1) is 16.3. The Morgan fingerprint density at radius 2 is 1.71 bits per heavy atom. The van der Waals surface area contributed by atoms with Gasteiger partial charge in [-0.3, -0.25) is 9.59 Å². The summed E-state index contributed by atoms with van der Waals surface area (Å²) in [6, 6.07) is 0. The van der Waals surface area contributed by atoms with Gasteiger partial charge in [0.2, 0.25) is 0 Å². The Bertz CT molecular complexity index is 814. The molecule has 3 heteroatoms. The molecule has 0 amide bonds. The highest BCUT2D eigenvalue weighted by Crippen LogP contribution is 2.74. The molecule has 4 fully saturated rings. The molecule has 8 atom stereocenters. The Morgan fingerprint density at radius 1 is 1.00 bits per heavy atom. The second kappa shape index (κ2) is 9.46. The van der Waals surface area contributed by atoms with Crippen LogP contribution in [0.1, 0.15) is 126 Å². The highest BCUT2D eigenvalue weighted by atomic mass is 16.5. The number of carbonyl (C=O) groups excluding carboxylic acids is 2. The third-order valence-corrected chi connectivity index (χ3v) is 12.3. The van der Waals surface area contributed by atoms with Crippen LogP contribution >= 0.6 is 0 Å². The molecular formula is C32H54O3. The van der Waals surface area contributed by atoms with Crippen LogP contribution in [0.25, 0.3) is 0 Å². The molecule has 0 aromatic carbocycles. The van der Waals surface area contributed by atoms with E-state index in [2.05, 4.69) is 48.5 Å². The summed E-state index contributed by atoms with van der Waals surface area (Å²) in [5, 5.41) is 0. The lowest BCUT2D eigenvalue weighted by Gasteiger charge is -2.66. The number of ketones is 1. The molecule has 4 rings (SSSR count). The average Bonchev–Trinajstić information content (AvgIpc) is 3.04. The van der Waals surface area contributed by atoms with Crippen molar-refractivity contribution in [2.45, 2.75) is 126 Å². The number of fused-ring (bicyclic) bond motifs is 5. The van der Waals surface area contributed by atoms with Crippen molar-refractivity contribution in [1.29, 1.82) is 0 Å². The first-order valence-electron chi connectivity index (χ1n) is 14.9. The molecule has 0 N–H and O–H groups in total. The van der Waals surface area contributed by atoms with Crippen LogP contribution in [0.4, 0.5) is 0 Å². The van der Waals surface area contributed by atoms with Crippen LogP contribution in [0.2, 0.25) is 0 Å². The number of ether oxygens (including phenoxy) is 1. The van der Waals surface area contributed by atoms with Crippen molar-refractivity contribution >= 4 is 11.8 Å². The summed E-state index contributed by atoms with van der Waals surface area (Å²) in [5.41, 5.74) is 0.336. The molecule has 4 aliphatic rings. The second-order valence-electron chi connectivity index (χ2n) is 15.0. The molecule has 200 valence electrons. The fourth-order valence-electron chi connectivity index (χ4n) is 10.7. The molecule has 0 radical (unpaired) electrons. The summed E-state index contributed by atoms with van der Waals surface area (Å²) in [7, 11) is 0. The normalized spacial score (nSPS) is 43.3. The smallest absolute Gasteiger partial charge is 0.302 e. The number of rotatable bonds is 7. The molecule has 4 aliphatic carbocycles. The summed E-state index contributed by atoms with van der Waals surface area (Å²) in [6.45, 7) is 18.9. The van der Waals surface area contributed by atoms with Gasteiger partial charge in [-0.1, -0.05) is 74.1 Å². The lowest BCUT2D eigenvalue weighted by atomic mass is 9.37. The standard InChI is InChI=1S/C32H54O3/c1-21(2)11-9-12-22(3)24-15-18-31(8)25-13-14-27-29(5,6)16-10-17-30(27,7)28(25)26(34)19-32(24,31)20-35-23(4)33/h21-22,24-25,27-28H,9-20H2,1-8H3. The van der Waals surface area contributed by atoms with Crippen LogP contribution in [0, 0.1) is 57.2 Å². The van der Waals surface area contributed by atoms with Gasteiger partial charge in [0.05, 0.1) is 6.61 Å². The zero-order valence-corrected chi connectivity index (χ0v) is 24.2. The van der Waals surface area contributed by atoms with E-state index in [1.807, 2.05) is 0 Å². The summed E-state index contributed by atoms with van der Waals surface area (Å²) in [4.78, 5) is 26.4. The van der Waals surface area contributed by atoms with Gasteiger partial charge in [-0.05, 0) is 84.4 Å². The minimum absolute atomic E-state index is 0.0770. The van der Waals surface area contributed by atoms with E-state index < -0.39 is 0 Å². The zero-order valence-electron chi connectivity index (χ0n) is 24.2. The van der Waals surface area contributed by atoms with Crippen molar-refractivity contribution < 1.29 is 14.3 Å². The van der Waals surface area contributed by atoms with E-state index in [-0.39, 0.29) is 28.1 Å². The molecule has 0 aromatic heterocycles. The molecule has 4 saturated carbocycles. The Balaban J connectivity index is 1.69. The van der Waals surface area contributed by atoms with Gasteiger partial charge < -0.3 is 4.74 Å². The lowest BCUT2D eigenvalue weighted by Crippen LogP contribution is -2.64. The highest BCUT2D eigenvalue weighted by molar-refractivity contribution is 5.85. The van der Waals surface area contributed by atoms with Crippen molar-refractivity contribution in [1.82, 2.24) is 0 Å². The van der Waals surface area contributed by atoms with Crippen LogP contribution in [-0.2, 0) is 14.3 Å². The third-order valence-electron chi connectivity index (χ3n) is 12.3. The molecule has 3 nitrogen and oxygen atoms in total. The van der Waals surface area contributed by atoms with E-state index in [1.165, 1.54) is 71.1 Å². The van der Waals surface area contributed by atoms with Gasteiger partial charge in [0.1, 0.15) is 5.78 Å². The lowest BCUT2D eigenvalue weighted by molar-refractivity contribution is -0.199. The predicted octanol–water partition coefficient (Wildman–Crippen LogP) is 8.25. The van der Waals surface area contributed by atoms with Crippen molar-refractivity contribution in [2.75, 3.05) is 6.61 Å². The fraction of sp³-hybridized carbons (Fsp3) is 0.938. The molecule has 0 saturated heterocycles. The maximum Gasteiger partial charge on any atom is 0.302 e. The number of hydrogen-bond donors (Lipinski definition) is 0. The maximum absolute atomic E-state index is 14.4. The summed E-state index contributed by atoms with van der Waals surface area (Å²) < 4.78 is 5.88. The third kappa shape index (κ3) is 4.33. The highest BCUT2D eigenvalue weighted by Gasteiger charge is 2.71. The quantitative estimate of drug-likeness (QED) is 0.340. The summed E-state index contributed by atoms with van der Waals surface area (Å²) in [5.74, 6) is 3.34. The van der Waals surface area contributed by atoms with Gasteiger partial charge in [0.25, 0.3) is 0 Å². The van der Waals surface area contributed by atoms with E-state index in [0.29, 0.717) is 47.9 Å². The molecule has 0 heterocycles. The largest absolute Gasteiger partial charge is 0.465 e. The molecule has 8 unspecified atom stereocenters. The van der Waals surface area contributed by atoms with Gasteiger partial charge in [-0.2, -0.15) is 0 Å². The predicted molar refractivity (Wildman–Crippen MR) is 143 cm³/mol. The molecule has 0 bridgehead atoms. The summed E-state index contributed by atoms with van der Waals surface area (Å²) in [6.07, 6.45) is 12.9. The monoisotopic (exact) mass is 486 g/mol. The van der Waals surface area contributed by atoms with Crippen LogP contribution in [0.15, 0.2) is 0 Å². The van der Waals surface area contributed by atoms with Crippen LogP contribution in [0.5, 0.6) is 0 Å². The van der Waals surface area contributed by atoms with Crippen molar-refractivity contribution in [2.24, 2.45) is 57.2 Å². The van der Waals surface area contributed by atoms with Crippen LogP contribution in [0.3, 0.4) is 0 Å². The van der Waals surface area contributed by atoms with Gasteiger partial charge >= 0.3 is 5.97 Å². The van der Waals surface area contributed by atoms with Crippen molar-refractivity contribution in [3.63, 3.8) is 0 Å². The first kappa shape index (κ1) is 27.2. The Hall–Kier alpha value is -0.860. The Kier molecular flexibility index (Phi) is 7.35. The number of Topliss-reactive ketones (excluding diaryl/α,β-unsaturated/α-hetero) is 1. The van der Waals surface area contributed by atoms with E-state index in [1.54, 1.807) is 0 Å². The van der Waals surface area contributed by atoms with Crippen molar-refractivity contribution in [3.05, 3.63) is 0 Å². The second-order valence-corrected chi connectivity index (χ2v) is 15.0. The van der Waals surface area contributed by atoms with Gasteiger partial charge in [-0.25, -0.2) is 0 Å². The van der Waals surface area contributed by atoms with E-state index in [4.69, 9.17) is 4.74 Å². The van der Waals surface area contributed by atoms with E-state index in [0.717, 1.165) is 5.92 Å². The molecule has 0 spiro atoms. The average molecular weight is 487 g/mol. The number of esters is 1. The zero-order chi connectivity index (χ0) is 25.8. The Labute approximate surface area is 215 Å². The van der Waals surface area contributed by atoms with Crippen LogP contribution < -0.4 is 0 Å². The van der Waals surface area contributed by atoms with Crippen molar-refractivity contribution in [3.8, 4) is 0 Å². The van der Waals surface area contributed by atoms with Gasteiger partial charge in [0, 0.05) is 24.7 Å². The molecule has 0 aliphatic heterocycles. The minimum Gasteiger partial charge on any atom is -0.465 e. The topological polar surface area (TPSA) is 43.4 Å².